The number of hydrogen-bond donors (Lipinski definition) is 1. The number of halogens is 1. The lowest BCUT2D eigenvalue weighted by Crippen LogP contribution is -2.66. The van der Waals surface area contributed by atoms with E-state index in [2.05, 4.69) is 35.0 Å². The Morgan fingerprint density at radius 2 is 2.00 bits per heavy atom. The smallest absolute Gasteiger partial charge is 0.233 e. The third-order valence-electron chi connectivity index (χ3n) is 4.16. The molecular weight excluding hydrogens is 350 g/mol. The fraction of sp³-hybridized carbons (Fsp3) is 0.562. The van der Waals surface area contributed by atoms with Crippen molar-refractivity contribution in [2.24, 2.45) is 5.92 Å². The molecule has 2 rings (SSSR count). The van der Waals surface area contributed by atoms with Gasteiger partial charge in [-0.2, -0.15) is 0 Å². The molecule has 1 saturated heterocycles. The molecule has 1 fully saturated rings. The third-order valence-corrected chi connectivity index (χ3v) is 6.16. The van der Waals surface area contributed by atoms with Gasteiger partial charge in [0.2, 0.25) is 5.91 Å². The van der Waals surface area contributed by atoms with Gasteiger partial charge in [0.15, 0.2) is 0 Å². The van der Waals surface area contributed by atoms with E-state index in [-0.39, 0.29) is 11.8 Å². The standard InChI is InChI=1S/C16H22BrNO2S/c1-10(2)16(20)8-18(9-16)15(19)7-21-14-6-11(3)13(17)5-12(14)4/h5-6,10,20H,7-9H2,1-4H3. The highest BCUT2D eigenvalue weighted by molar-refractivity contribution is 9.10. The van der Waals surface area contributed by atoms with Gasteiger partial charge in [-0.3, -0.25) is 4.79 Å². The van der Waals surface area contributed by atoms with Crippen LogP contribution in [0.3, 0.4) is 0 Å². The molecule has 0 atom stereocenters. The van der Waals surface area contributed by atoms with Crippen molar-refractivity contribution in [1.82, 2.24) is 4.90 Å². The Morgan fingerprint density at radius 1 is 1.38 bits per heavy atom. The minimum Gasteiger partial charge on any atom is -0.386 e. The van der Waals surface area contributed by atoms with Crippen LogP contribution in [0.4, 0.5) is 0 Å². The second-order valence-electron chi connectivity index (χ2n) is 6.16. The second kappa shape index (κ2) is 6.31. The summed E-state index contributed by atoms with van der Waals surface area (Å²) >= 11 is 5.09. The second-order valence-corrected chi connectivity index (χ2v) is 8.04. The number of aliphatic hydroxyl groups is 1. The maximum atomic E-state index is 12.2. The van der Waals surface area contributed by atoms with E-state index in [0.29, 0.717) is 18.8 Å². The van der Waals surface area contributed by atoms with Crippen molar-refractivity contribution in [2.75, 3.05) is 18.8 Å². The van der Waals surface area contributed by atoms with E-state index < -0.39 is 5.60 Å². The van der Waals surface area contributed by atoms with E-state index in [0.717, 1.165) is 9.37 Å². The van der Waals surface area contributed by atoms with E-state index in [9.17, 15) is 9.90 Å². The first-order valence-electron chi connectivity index (χ1n) is 7.12. The van der Waals surface area contributed by atoms with Gasteiger partial charge in [-0.25, -0.2) is 0 Å². The van der Waals surface area contributed by atoms with Crippen LogP contribution >= 0.6 is 27.7 Å². The molecular formula is C16H22BrNO2S. The summed E-state index contributed by atoms with van der Waals surface area (Å²) in [6.45, 7) is 9.01. The molecule has 1 aromatic rings. The normalized spacial score (nSPS) is 17.0. The van der Waals surface area contributed by atoms with Crippen LogP contribution in [0, 0.1) is 19.8 Å². The molecule has 1 aliphatic rings. The molecule has 0 spiro atoms. The number of likely N-dealkylation sites (tertiary alicyclic amines) is 1. The maximum absolute atomic E-state index is 12.2. The monoisotopic (exact) mass is 371 g/mol. The number of nitrogens with zero attached hydrogens (tertiary/aromatic N) is 1. The Hall–Kier alpha value is -0.520. The van der Waals surface area contributed by atoms with Gasteiger partial charge in [-0.1, -0.05) is 29.8 Å². The fourth-order valence-electron chi connectivity index (χ4n) is 2.30. The van der Waals surface area contributed by atoms with Gasteiger partial charge in [0, 0.05) is 9.37 Å². The van der Waals surface area contributed by atoms with Crippen LogP contribution in [0.5, 0.6) is 0 Å². The molecule has 3 nitrogen and oxygen atoms in total. The van der Waals surface area contributed by atoms with Crippen LogP contribution in [0.1, 0.15) is 25.0 Å². The topological polar surface area (TPSA) is 40.5 Å². The van der Waals surface area contributed by atoms with E-state index >= 15 is 0 Å². The molecule has 0 aliphatic carbocycles. The lowest BCUT2D eigenvalue weighted by molar-refractivity contribution is -0.161. The van der Waals surface area contributed by atoms with Crippen LogP contribution in [0.25, 0.3) is 0 Å². The van der Waals surface area contributed by atoms with Crippen LogP contribution < -0.4 is 0 Å². The summed E-state index contributed by atoms with van der Waals surface area (Å²) in [7, 11) is 0. The maximum Gasteiger partial charge on any atom is 0.233 e. The molecule has 1 amide bonds. The summed E-state index contributed by atoms with van der Waals surface area (Å²) < 4.78 is 1.10. The minimum absolute atomic E-state index is 0.102. The van der Waals surface area contributed by atoms with Gasteiger partial charge < -0.3 is 10.0 Å². The Labute approximate surface area is 139 Å². The van der Waals surface area contributed by atoms with Crippen molar-refractivity contribution in [3.05, 3.63) is 27.7 Å². The number of amides is 1. The quantitative estimate of drug-likeness (QED) is 0.824. The molecule has 116 valence electrons. The average Bonchev–Trinajstić information content (AvgIpc) is 2.37. The number of rotatable bonds is 4. The highest BCUT2D eigenvalue weighted by Gasteiger charge is 2.45. The zero-order valence-corrected chi connectivity index (χ0v) is 15.3. The number of carbonyl (C=O) groups is 1. The molecule has 1 heterocycles. The first-order chi connectivity index (χ1) is 9.73. The van der Waals surface area contributed by atoms with Crippen molar-refractivity contribution < 1.29 is 9.90 Å². The van der Waals surface area contributed by atoms with Gasteiger partial charge in [0.1, 0.15) is 5.60 Å². The predicted molar refractivity (Wildman–Crippen MR) is 90.7 cm³/mol. The highest BCUT2D eigenvalue weighted by Crippen LogP contribution is 2.31. The summed E-state index contributed by atoms with van der Waals surface area (Å²) in [6.07, 6.45) is 0. The Bertz CT molecular complexity index is 553. The molecule has 1 N–H and O–H groups in total. The van der Waals surface area contributed by atoms with Gasteiger partial charge in [-0.05, 0) is 43.0 Å². The summed E-state index contributed by atoms with van der Waals surface area (Å²) in [5.74, 6) is 0.715. The SMILES string of the molecule is Cc1cc(SCC(=O)N2CC(O)(C(C)C)C2)c(C)cc1Br. The van der Waals surface area contributed by atoms with E-state index in [1.54, 1.807) is 16.7 Å². The van der Waals surface area contributed by atoms with Crippen LogP contribution in [-0.4, -0.2) is 40.4 Å². The molecule has 0 unspecified atom stereocenters. The molecule has 1 aromatic carbocycles. The molecule has 5 heteroatoms. The lowest BCUT2D eigenvalue weighted by Gasteiger charge is -2.49. The lowest BCUT2D eigenvalue weighted by atomic mass is 9.83. The highest BCUT2D eigenvalue weighted by atomic mass is 79.9. The summed E-state index contributed by atoms with van der Waals surface area (Å²) in [5, 5.41) is 10.2. The number of thioether (sulfide) groups is 1. The Kier molecular flexibility index (Phi) is 5.06. The number of aryl methyl sites for hydroxylation is 2. The molecule has 21 heavy (non-hydrogen) atoms. The van der Waals surface area contributed by atoms with Gasteiger partial charge in [0.25, 0.3) is 0 Å². The van der Waals surface area contributed by atoms with Gasteiger partial charge in [0.05, 0.1) is 18.8 Å². The largest absolute Gasteiger partial charge is 0.386 e. The van der Waals surface area contributed by atoms with Crippen molar-refractivity contribution in [1.29, 1.82) is 0 Å². The van der Waals surface area contributed by atoms with Crippen molar-refractivity contribution in [2.45, 2.75) is 38.2 Å². The number of benzene rings is 1. The molecule has 0 bridgehead atoms. The summed E-state index contributed by atoms with van der Waals surface area (Å²) in [6, 6.07) is 4.20. The van der Waals surface area contributed by atoms with E-state index in [4.69, 9.17) is 0 Å². The van der Waals surface area contributed by atoms with Crippen molar-refractivity contribution in [3.63, 3.8) is 0 Å². The predicted octanol–water partition coefficient (Wildman–Crippen LogP) is 3.39. The Balaban J connectivity index is 1.90. The van der Waals surface area contributed by atoms with Crippen molar-refractivity contribution >= 4 is 33.6 Å². The van der Waals surface area contributed by atoms with Gasteiger partial charge in [-0.15, -0.1) is 11.8 Å². The zero-order chi connectivity index (χ0) is 15.8. The third kappa shape index (κ3) is 3.63. The molecule has 0 aromatic heterocycles. The summed E-state index contributed by atoms with van der Waals surface area (Å²) in [5.41, 5.74) is 1.66. The van der Waals surface area contributed by atoms with Crippen LogP contribution in [0.2, 0.25) is 0 Å². The molecule has 0 saturated carbocycles. The first-order valence-corrected chi connectivity index (χ1v) is 8.90. The van der Waals surface area contributed by atoms with Crippen LogP contribution in [-0.2, 0) is 4.79 Å². The van der Waals surface area contributed by atoms with Gasteiger partial charge >= 0.3 is 0 Å². The van der Waals surface area contributed by atoms with Crippen LogP contribution in [0.15, 0.2) is 21.5 Å². The van der Waals surface area contributed by atoms with E-state index in [1.807, 2.05) is 20.8 Å². The average molecular weight is 372 g/mol. The zero-order valence-electron chi connectivity index (χ0n) is 12.9. The summed E-state index contributed by atoms with van der Waals surface area (Å²) in [4.78, 5) is 15.0. The first kappa shape index (κ1) is 16.8. The minimum atomic E-state index is -0.690. The fourth-order valence-corrected chi connectivity index (χ4v) is 3.76. The molecule has 0 radical (unpaired) electrons. The van der Waals surface area contributed by atoms with Crippen molar-refractivity contribution in [3.8, 4) is 0 Å². The Morgan fingerprint density at radius 3 is 2.57 bits per heavy atom. The number of hydrogen-bond acceptors (Lipinski definition) is 3. The number of carbonyl (C=O) groups excluding carboxylic acids is 1. The van der Waals surface area contributed by atoms with E-state index in [1.165, 1.54) is 11.1 Å². The molecule has 1 aliphatic heterocycles. The number of β-amino-alcohol motifs (C(OH)–C–C–N with tert-alkyl or cyclic N) is 1.